The van der Waals surface area contributed by atoms with Crippen LogP contribution in [0, 0.1) is 0 Å². The molecule has 1 saturated heterocycles. The van der Waals surface area contributed by atoms with Crippen molar-refractivity contribution in [2.24, 2.45) is 0 Å². The zero-order valence-electron chi connectivity index (χ0n) is 17.0. The maximum absolute atomic E-state index is 12.5. The van der Waals surface area contributed by atoms with Gasteiger partial charge in [0.1, 0.15) is 6.61 Å². The minimum atomic E-state index is -0.289. The van der Waals surface area contributed by atoms with Gasteiger partial charge in [-0.15, -0.1) is 0 Å². The van der Waals surface area contributed by atoms with Crippen molar-refractivity contribution in [2.75, 3.05) is 59.2 Å². The van der Waals surface area contributed by atoms with Gasteiger partial charge in [-0.25, -0.2) is 4.79 Å². The first-order chi connectivity index (χ1) is 13.0. The summed E-state index contributed by atoms with van der Waals surface area (Å²) in [5, 5.41) is 0. The highest BCUT2D eigenvalue weighted by Gasteiger charge is 2.27. The van der Waals surface area contributed by atoms with Crippen LogP contribution in [0.15, 0.2) is 30.3 Å². The SMILES string of the molecule is CC(C)(C)N(CCc1ccccc1)C(=O)OCCOCCN1CCOCC1. The summed E-state index contributed by atoms with van der Waals surface area (Å²) >= 11 is 0. The van der Waals surface area contributed by atoms with Crippen molar-refractivity contribution in [3.63, 3.8) is 0 Å². The van der Waals surface area contributed by atoms with Crippen LogP contribution in [-0.4, -0.2) is 80.6 Å². The predicted molar refractivity (Wildman–Crippen MR) is 106 cm³/mol. The number of nitrogens with zero attached hydrogens (tertiary/aromatic N) is 2. The van der Waals surface area contributed by atoms with E-state index in [2.05, 4.69) is 17.0 Å². The lowest BCUT2D eigenvalue weighted by atomic mass is 10.1. The van der Waals surface area contributed by atoms with Crippen molar-refractivity contribution in [3.8, 4) is 0 Å². The van der Waals surface area contributed by atoms with Crippen LogP contribution in [0.2, 0.25) is 0 Å². The van der Waals surface area contributed by atoms with E-state index in [9.17, 15) is 4.79 Å². The molecule has 0 N–H and O–H groups in total. The molecule has 0 atom stereocenters. The predicted octanol–water partition coefficient (Wildman–Crippen LogP) is 2.82. The standard InChI is InChI=1S/C21H34N2O4/c1-21(2,3)23(10-9-19-7-5-4-6-8-19)20(24)27-18-17-26-16-13-22-11-14-25-15-12-22/h4-8H,9-18H2,1-3H3. The van der Waals surface area contributed by atoms with Gasteiger partial charge in [0.2, 0.25) is 0 Å². The molecule has 1 aromatic rings. The Morgan fingerprint density at radius 3 is 2.48 bits per heavy atom. The molecule has 0 saturated carbocycles. The molecule has 2 rings (SSSR count). The summed E-state index contributed by atoms with van der Waals surface area (Å²) in [5.74, 6) is 0. The number of hydrogen-bond acceptors (Lipinski definition) is 5. The number of rotatable bonds is 9. The second kappa shape index (κ2) is 11.3. The van der Waals surface area contributed by atoms with Gasteiger partial charge in [0.05, 0.1) is 26.4 Å². The number of carbonyl (C=O) groups excluding carboxylic acids is 1. The van der Waals surface area contributed by atoms with Crippen molar-refractivity contribution >= 4 is 6.09 Å². The molecule has 0 aromatic heterocycles. The highest BCUT2D eigenvalue weighted by atomic mass is 16.6. The fraction of sp³-hybridized carbons (Fsp3) is 0.667. The molecule has 1 aliphatic rings. The summed E-state index contributed by atoms with van der Waals surface area (Å²) in [4.78, 5) is 16.6. The Balaban J connectivity index is 1.65. The Morgan fingerprint density at radius 2 is 1.81 bits per heavy atom. The second-order valence-electron chi connectivity index (χ2n) is 7.74. The van der Waals surface area contributed by atoms with E-state index < -0.39 is 0 Å². The second-order valence-corrected chi connectivity index (χ2v) is 7.74. The van der Waals surface area contributed by atoms with Crippen LogP contribution in [0.3, 0.4) is 0 Å². The van der Waals surface area contributed by atoms with Gasteiger partial charge < -0.3 is 19.1 Å². The van der Waals surface area contributed by atoms with E-state index in [0.717, 1.165) is 39.3 Å². The molecule has 6 nitrogen and oxygen atoms in total. The van der Waals surface area contributed by atoms with Crippen LogP contribution in [0.4, 0.5) is 4.79 Å². The van der Waals surface area contributed by atoms with Gasteiger partial charge in [0.25, 0.3) is 0 Å². The van der Waals surface area contributed by atoms with Gasteiger partial charge in [0, 0.05) is 31.7 Å². The fourth-order valence-corrected chi connectivity index (χ4v) is 2.97. The summed E-state index contributed by atoms with van der Waals surface area (Å²) in [6.45, 7) is 12.5. The summed E-state index contributed by atoms with van der Waals surface area (Å²) in [5.41, 5.74) is 0.925. The molecule has 0 radical (unpaired) electrons. The Morgan fingerprint density at radius 1 is 1.11 bits per heavy atom. The van der Waals surface area contributed by atoms with Crippen LogP contribution in [-0.2, 0) is 20.6 Å². The third-order valence-corrected chi connectivity index (χ3v) is 4.61. The van der Waals surface area contributed by atoms with Gasteiger partial charge >= 0.3 is 6.09 Å². The summed E-state index contributed by atoms with van der Waals surface area (Å²) < 4.78 is 16.4. The van der Waals surface area contributed by atoms with Gasteiger partial charge in [-0.05, 0) is 32.8 Å². The third kappa shape index (κ3) is 8.28. The molecule has 27 heavy (non-hydrogen) atoms. The van der Waals surface area contributed by atoms with E-state index in [1.54, 1.807) is 4.90 Å². The van der Waals surface area contributed by atoms with Gasteiger partial charge in [-0.1, -0.05) is 30.3 Å². The van der Waals surface area contributed by atoms with E-state index in [0.29, 0.717) is 19.8 Å². The summed E-state index contributed by atoms with van der Waals surface area (Å²) in [7, 11) is 0. The number of amides is 1. The Bertz CT molecular complexity index is 539. The quantitative estimate of drug-likeness (QED) is 0.619. The van der Waals surface area contributed by atoms with Crippen LogP contribution < -0.4 is 0 Å². The molecule has 1 heterocycles. The monoisotopic (exact) mass is 378 g/mol. The lowest BCUT2D eigenvalue weighted by molar-refractivity contribution is 0.00892. The largest absolute Gasteiger partial charge is 0.447 e. The fourth-order valence-electron chi connectivity index (χ4n) is 2.97. The normalized spacial score (nSPS) is 15.5. The Labute approximate surface area is 163 Å². The van der Waals surface area contributed by atoms with E-state index in [1.807, 2.05) is 39.0 Å². The minimum Gasteiger partial charge on any atom is -0.447 e. The number of carbonyl (C=O) groups is 1. The molecule has 1 aromatic carbocycles. The van der Waals surface area contributed by atoms with Crippen LogP contribution in [0.1, 0.15) is 26.3 Å². The lowest BCUT2D eigenvalue weighted by Crippen LogP contribution is -2.47. The van der Waals surface area contributed by atoms with E-state index >= 15 is 0 Å². The van der Waals surface area contributed by atoms with Crippen LogP contribution in [0.25, 0.3) is 0 Å². The van der Waals surface area contributed by atoms with Crippen molar-refractivity contribution in [3.05, 3.63) is 35.9 Å². The maximum Gasteiger partial charge on any atom is 0.410 e. The highest BCUT2D eigenvalue weighted by molar-refractivity contribution is 5.68. The molecule has 1 fully saturated rings. The lowest BCUT2D eigenvalue weighted by Gasteiger charge is -2.34. The Kier molecular flexibility index (Phi) is 9.04. The maximum atomic E-state index is 12.5. The topological polar surface area (TPSA) is 51.2 Å². The van der Waals surface area contributed by atoms with Gasteiger partial charge in [-0.2, -0.15) is 0 Å². The molecule has 0 bridgehead atoms. The molecule has 0 unspecified atom stereocenters. The molecule has 1 amide bonds. The number of benzene rings is 1. The van der Waals surface area contributed by atoms with Crippen molar-refractivity contribution in [1.29, 1.82) is 0 Å². The number of hydrogen-bond donors (Lipinski definition) is 0. The molecular formula is C21H34N2O4. The average Bonchev–Trinajstić information content (AvgIpc) is 2.65. The van der Waals surface area contributed by atoms with Gasteiger partial charge in [0.15, 0.2) is 0 Å². The molecule has 0 spiro atoms. The molecule has 0 aliphatic carbocycles. The van der Waals surface area contributed by atoms with E-state index in [4.69, 9.17) is 14.2 Å². The van der Waals surface area contributed by atoms with E-state index in [-0.39, 0.29) is 18.2 Å². The van der Waals surface area contributed by atoms with Crippen LogP contribution in [0.5, 0.6) is 0 Å². The zero-order chi connectivity index (χ0) is 19.5. The molecule has 1 aliphatic heterocycles. The smallest absolute Gasteiger partial charge is 0.410 e. The van der Waals surface area contributed by atoms with Crippen molar-refractivity contribution < 1.29 is 19.0 Å². The van der Waals surface area contributed by atoms with Crippen molar-refractivity contribution in [1.82, 2.24) is 9.80 Å². The first-order valence-corrected chi connectivity index (χ1v) is 9.83. The molecular weight excluding hydrogens is 344 g/mol. The van der Waals surface area contributed by atoms with Crippen molar-refractivity contribution in [2.45, 2.75) is 32.7 Å². The number of ether oxygens (including phenoxy) is 3. The number of morpholine rings is 1. The molecule has 152 valence electrons. The minimum absolute atomic E-state index is 0.278. The summed E-state index contributed by atoms with van der Waals surface area (Å²) in [6.07, 6.45) is 0.527. The molecule has 6 heteroatoms. The first-order valence-electron chi connectivity index (χ1n) is 9.83. The first kappa shape index (κ1) is 21.7. The van der Waals surface area contributed by atoms with Gasteiger partial charge in [-0.3, -0.25) is 4.90 Å². The highest BCUT2D eigenvalue weighted by Crippen LogP contribution is 2.16. The Hall–Kier alpha value is -1.63. The zero-order valence-corrected chi connectivity index (χ0v) is 17.0. The van der Waals surface area contributed by atoms with E-state index in [1.165, 1.54) is 5.56 Å². The summed E-state index contributed by atoms with van der Waals surface area (Å²) in [6, 6.07) is 10.2. The van der Waals surface area contributed by atoms with Crippen LogP contribution >= 0.6 is 0 Å². The third-order valence-electron chi connectivity index (χ3n) is 4.61. The average molecular weight is 379 g/mol.